The van der Waals surface area contributed by atoms with E-state index in [1.807, 2.05) is 30.3 Å². The van der Waals surface area contributed by atoms with Crippen LogP contribution in [0.4, 0.5) is 4.39 Å². The van der Waals surface area contributed by atoms with Gasteiger partial charge in [-0.1, -0.05) is 48.5 Å². The largest absolute Gasteiger partial charge is 0.368 e. The van der Waals surface area contributed by atoms with Gasteiger partial charge in [0.25, 0.3) is 0 Å². The summed E-state index contributed by atoms with van der Waals surface area (Å²) in [6.07, 6.45) is 0.170. The SMILES string of the molecule is CC(=O)N[C@H](Cc1ccccc1F)C(=O)N[C@@H](Cc1ccccc1)C(N)=O. The lowest BCUT2D eigenvalue weighted by atomic mass is 10.0. The molecule has 0 aliphatic heterocycles. The van der Waals surface area contributed by atoms with Crippen LogP contribution in [0.3, 0.4) is 0 Å². The molecule has 0 fully saturated rings. The molecular formula is C20H22FN3O3. The zero-order chi connectivity index (χ0) is 19.8. The van der Waals surface area contributed by atoms with Gasteiger partial charge in [0.05, 0.1) is 0 Å². The van der Waals surface area contributed by atoms with Crippen molar-refractivity contribution in [1.82, 2.24) is 10.6 Å². The van der Waals surface area contributed by atoms with E-state index in [9.17, 15) is 18.8 Å². The van der Waals surface area contributed by atoms with Crippen molar-refractivity contribution in [1.29, 1.82) is 0 Å². The van der Waals surface area contributed by atoms with E-state index in [1.165, 1.54) is 25.1 Å². The molecule has 0 bridgehead atoms. The van der Waals surface area contributed by atoms with Gasteiger partial charge in [0.1, 0.15) is 17.9 Å². The van der Waals surface area contributed by atoms with E-state index in [0.29, 0.717) is 0 Å². The number of nitrogens with two attached hydrogens (primary N) is 1. The van der Waals surface area contributed by atoms with Crippen LogP contribution in [0.5, 0.6) is 0 Å². The van der Waals surface area contributed by atoms with E-state index in [1.54, 1.807) is 6.07 Å². The van der Waals surface area contributed by atoms with Crippen LogP contribution in [-0.2, 0) is 27.2 Å². The molecule has 0 spiro atoms. The molecule has 0 unspecified atom stereocenters. The summed E-state index contributed by atoms with van der Waals surface area (Å²) in [6.45, 7) is 1.26. The van der Waals surface area contributed by atoms with Crippen LogP contribution in [0, 0.1) is 5.82 Å². The zero-order valence-electron chi connectivity index (χ0n) is 14.9. The average molecular weight is 371 g/mol. The lowest BCUT2D eigenvalue weighted by molar-refractivity contribution is -0.130. The number of carbonyl (C=O) groups is 3. The summed E-state index contributed by atoms with van der Waals surface area (Å²) in [6, 6.07) is 13.1. The van der Waals surface area contributed by atoms with Crippen molar-refractivity contribution >= 4 is 17.7 Å². The highest BCUT2D eigenvalue weighted by molar-refractivity contribution is 5.91. The maximum atomic E-state index is 13.9. The van der Waals surface area contributed by atoms with Crippen LogP contribution in [0.25, 0.3) is 0 Å². The fourth-order valence-electron chi connectivity index (χ4n) is 2.68. The third-order valence-electron chi connectivity index (χ3n) is 4.02. The topological polar surface area (TPSA) is 101 Å². The predicted octanol–water partition coefficient (Wildman–Crippen LogP) is 1.09. The van der Waals surface area contributed by atoms with Crippen molar-refractivity contribution in [3.05, 3.63) is 71.5 Å². The van der Waals surface area contributed by atoms with Gasteiger partial charge in [0.15, 0.2) is 0 Å². The summed E-state index contributed by atoms with van der Waals surface area (Å²) >= 11 is 0. The third-order valence-corrected chi connectivity index (χ3v) is 4.02. The van der Waals surface area contributed by atoms with Crippen LogP contribution in [0.15, 0.2) is 54.6 Å². The van der Waals surface area contributed by atoms with Crippen molar-refractivity contribution in [2.45, 2.75) is 31.8 Å². The van der Waals surface area contributed by atoms with Gasteiger partial charge in [0, 0.05) is 19.8 Å². The molecule has 3 amide bonds. The first-order valence-corrected chi connectivity index (χ1v) is 8.51. The summed E-state index contributed by atoms with van der Waals surface area (Å²) in [4.78, 5) is 35.9. The fourth-order valence-corrected chi connectivity index (χ4v) is 2.68. The molecule has 0 heterocycles. The average Bonchev–Trinajstić information content (AvgIpc) is 2.62. The number of hydrogen-bond donors (Lipinski definition) is 3. The number of nitrogens with one attached hydrogen (secondary N) is 2. The van der Waals surface area contributed by atoms with Crippen LogP contribution in [-0.4, -0.2) is 29.8 Å². The minimum absolute atomic E-state index is 0.0467. The van der Waals surface area contributed by atoms with Crippen LogP contribution in [0.2, 0.25) is 0 Å². The van der Waals surface area contributed by atoms with Crippen LogP contribution < -0.4 is 16.4 Å². The maximum Gasteiger partial charge on any atom is 0.243 e. The summed E-state index contributed by atoms with van der Waals surface area (Å²) < 4.78 is 13.9. The fraction of sp³-hybridized carbons (Fsp3) is 0.250. The Balaban J connectivity index is 2.13. The monoisotopic (exact) mass is 371 g/mol. The molecule has 27 heavy (non-hydrogen) atoms. The summed E-state index contributed by atoms with van der Waals surface area (Å²) in [5, 5.41) is 5.05. The Labute approximate surface area is 156 Å². The molecule has 2 rings (SSSR count). The molecule has 142 valence electrons. The number of rotatable bonds is 8. The number of primary amides is 1. The zero-order valence-corrected chi connectivity index (χ0v) is 14.9. The third kappa shape index (κ3) is 6.22. The highest BCUT2D eigenvalue weighted by Crippen LogP contribution is 2.10. The Kier molecular flexibility index (Phi) is 7.05. The lowest BCUT2D eigenvalue weighted by Gasteiger charge is -2.22. The van der Waals surface area contributed by atoms with Gasteiger partial charge in [-0.05, 0) is 17.2 Å². The van der Waals surface area contributed by atoms with Gasteiger partial charge in [-0.3, -0.25) is 14.4 Å². The van der Waals surface area contributed by atoms with E-state index < -0.39 is 35.6 Å². The first-order chi connectivity index (χ1) is 12.9. The molecule has 0 aliphatic rings. The molecule has 0 radical (unpaired) electrons. The standard InChI is InChI=1S/C20H22FN3O3/c1-13(25)23-18(12-15-9-5-6-10-16(15)21)20(27)24-17(19(22)26)11-14-7-3-2-4-8-14/h2-10,17-18H,11-12H2,1H3,(H2,22,26)(H,23,25)(H,24,27)/t17-,18+/m0/s1. The molecule has 6 nitrogen and oxygen atoms in total. The van der Waals surface area contributed by atoms with Gasteiger partial charge in [-0.25, -0.2) is 4.39 Å². The summed E-state index contributed by atoms with van der Waals surface area (Å²) in [5.74, 6) is -2.21. The molecule has 2 aromatic rings. The van der Waals surface area contributed by atoms with E-state index in [2.05, 4.69) is 10.6 Å². The number of hydrogen-bond acceptors (Lipinski definition) is 3. The molecule has 2 atom stereocenters. The number of carbonyl (C=O) groups excluding carboxylic acids is 3. The lowest BCUT2D eigenvalue weighted by Crippen LogP contribution is -2.54. The Hall–Kier alpha value is -3.22. The second-order valence-corrected chi connectivity index (χ2v) is 6.20. The minimum Gasteiger partial charge on any atom is -0.368 e. The van der Waals surface area contributed by atoms with Gasteiger partial charge in [-0.2, -0.15) is 0 Å². The van der Waals surface area contributed by atoms with Crippen molar-refractivity contribution in [3.8, 4) is 0 Å². The van der Waals surface area contributed by atoms with Crippen molar-refractivity contribution in [3.63, 3.8) is 0 Å². The molecule has 7 heteroatoms. The van der Waals surface area contributed by atoms with Gasteiger partial charge in [0.2, 0.25) is 17.7 Å². The molecule has 0 saturated heterocycles. The number of halogens is 1. The second-order valence-electron chi connectivity index (χ2n) is 6.20. The van der Waals surface area contributed by atoms with E-state index in [4.69, 9.17) is 5.73 Å². The van der Waals surface area contributed by atoms with Crippen LogP contribution >= 0.6 is 0 Å². The number of benzene rings is 2. The van der Waals surface area contributed by atoms with E-state index >= 15 is 0 Å². The highest BCUT2D eigenvalue weighted by atomic mass is 19.1. The second kappa shape index (κ2) is 9.47. The Bertz CT molecular complexity index is 811. The smallest absolute Gasteiger partial charge is 0.243 e. The Morgan fingerprint density at radius 2 is 1.56 bits per heavy atom. The van der Waals surface area contributed by atoms with E-state index in [0.717, 1.165) is 5.56 Å². The normalized spacial score (nSPS) is 12.7. The van der Waals surface area contributed by atoms with Crippen molar-refractivity contribution in [2.75, 3.05) is 0 Å². The van der Waals surface area contributed by atoms with E-state index in [-0.39, 0.29) is 18.4 Å². The minimum atomic E-state index is -1.03. The van der Waals surface area contributed by atoms with Gasteiger partial charge < -0.3 is 16.4 Å². The summed E-state index contributed by atoms with van der Waals surface area (Å²) in [7, 11) is 0. The molecule has 4 N–H and O–H groups in total. The van der Waals surface area contributed by atoms with Crippen molar-refractivity contribution < 1.29 is 18.8 Å². The first kappa shape index (κ1) is 20.1. The predicted molar refractivity (Wildman–Crippen MR) is 99.0 cm³/mol. The van der Waals surface area contributed by atoms with Gasteiger partial charge in [-0.15, -0.1) is 0 Å². The maximum absolute atomic E-state index is 13.9. The quantitative estimate of drug-likeness (QED) is 0.647. The van der Waals surface area contributed by atoms with Crippen LogP contribution in [0.1, 0.15) is 18.1 Å². The Morgan fingerprint density at radius 1 is 0.926 bits per heavy atom. The summed E-state index contributed by atoms with van der Waals surface area (Å²) in [5.41, 5.74) is 6.52. The number of amides is 3. The van der Waals surface area contributed by atoms with Gasteiger partial charge >= 0.3 is 0 Å². The molecule has 0 aromatic heterocycles. The molecule has 0 saturated carbocycles. The highest BCUT2D eigenvalue weighted by Gasteiger charge is 2.26. The van der Waals surface area contributed by atoms with Crippen molar-refractivity contribution in [2.24, 2.45) is 5.73 Å². The molecular weight excluding hydrogens is 349 g/mol. The molecule has 2 aromatic carbocycles. The Morgan fingerprint density at radius 3 is 2.15 bits per heavy atom. The molecule has 0 aliphatic carbocycles. The first-order valence-electron chi connectivity index (χ1n) is 8.51.